The van der Waals surface area contributed by atoms with Crippen LogP contribution >= 0.6 is 0 Å². The summed E-state index contributed by atoms with van der Waals surface area (Å²) in [5.41, 5.74) is 9.50. The first-order valence-electron chi connectivity index (χ1n) is 9.78. The van der Waals surface area contributed by atoms with E-state index < -0.39 is 0 Å². The largest absolute Gasteiger partial charge is 0.354 e. The van der Waals surface area contributed by atoms with Crippen LogP contribution in [0.4, 0.5) is 0 Å². The fourth-order valence-corrected chi connectivity index (χ4v) is 3.80. The van der Waals surface area contributed by atoms with Crippen molar-refractivity contribution in [2.75, 3.05) is 6.54 Å². The van der Waals surface area contributed by atoms with Gasteiger partial charge in [0.15, 0.2) is 0 Å². The molecule has 1 amide bonds. The van der Waals surface area contributed by atoms with Crippen molar-refractivity contribution in [1.82, 2.24) is 30.7 Å². The highest BCUT2D eigenvalue weighted by atomic mass is 16.2. The van der Waals surface area contributed by atoms with E-state index in [-0.39, 0.29) is 18.0 Å². The average Bonchev–Trinajstić information content (AvgIpc) is 3.33. The number of hydrogen-bond donors (Lipinski definition) is 3. The predicted molar refractivity (Wildman–Crippen MR) is 108 cm³/mol. The van der Waals surface area contributed by atoms with Crippen LogP contribution in [-0.4, -0.2) is 33.0 Å². The fraction of sp³-hybridized carbons (Fsp3) is 0.381. The van der Waals surface area contributed by atoms with Gasteiger partial charge in [-0.3, -0.25) is 9.78 Å². The normalized spacial score (nSPS) is 19.4. The van der Waals surface area contributed by atoms with Crippen LogP contribution in [0.25, 0.3) is 11.0 Å². The van der Waals surface area contributed by atoms with E-state index in [0.29, 0.717) is 25.4 Å². The van der Waals surface area contributed by atoms with Gasteiger partial charge in [-0.2, -0.15) is 0 Å². The number of imidazole rings is 1. The Morgan fingerprint density at radius 1 is 1.25 bits per heavy atom. The summed E-state index contributed by atoms with van der Waals surface area (Å²) in [4.78, 5) is 21.4. The Labute approximate surface area is 164 Å². The summed E-state index contributed by atoms with van der Waals surface area (Å²) in [6, 6.07) is 12.2. The molecule has 146 valence electrons. The van der Waals surface area contributed by atoms with Crippen LogP contribution in [0, 0.1) is 0 Å². The quantitative estimate of drug-likeness (QED) is 0.613. The molecule has 0 radical (unpaired) electrons. The second-order valence-electron chi connectivity index (χ2n) is 7.44. The fourth-order valence-electron chi connectivity index (χ4n) is 3.80. The number of carbonyl (C=O) groups is 1. The third kappa shape index (κ3) is 3.76. The molecule has 3 aromatic rings. The van der Waals surface area contributed by atoms with Crippen LogP contribution in [0.5, 0.6) is 0 Å². The zero-order valence-electron chi connectivity index (χ0n) is 16.2. The third-order valence-corrected chi connectivity index (χ3v) is 5.14. The molecular formula is C21H26N6O. The van der Waals surface area contributed by atoms with Gasteiger partial charge in [-0.25, -0.2) is 15.8 Å². The molecule has 0 saturated carbocycles. The van der Waals surface area contributed by atoms with Crippen molar-refractivity contribution in [2.45, 2.75) is 44.8 Å². The average molecular weight is 378 g/mol. The van der Waals surface area contributed by atoms with Crippen LogP contribution in [0.3, 0.4) is 0 Å². The number of rotatable bonds is 6. The third-order valence-electron chi connectivity index (χ3n) is 5.14. The summed E-state index contributed by atoms with van der Waals surface area (Å²) < 4.78 is 2.25. The highest BCUT2D eigenvalue weighted by Crippen LogP contribution is 2.22. The van der Waals surface area contributed by atoms with Crippen molar-refractivity contribution in [1.29, 1.82) is 0 Å². The van der Waals surface area contributed by atoms with Crippen molar-refractivity contribution < 1.29 is 4.79 Å². The lowest BCUT2D eigenvalue weighted by Gasteiger charge is -2.14. The minimum atomic E-state index is -0.255. The summed E-state index contributed by atoms with van der Waals surface area (Å²) in [6.07, 6.45) is 4.98. The maximum Gasteiger partial charge on any atom is 0.238 e. The molecule has 1 fully saturated rings. The Bertz CT molecular complexity index is 952. The maximum atomic E-state index is 12.5. The van der Waals surface area contributed by atoms with Crippen LogP contribution in [0.2, 0.25) is 0 Å². The molecule has 1 aliphatic heterocycles. The lowest BCUT2D eigenvalue weighted by Crippen LogP contribution is -2.43. The number of amides is 1. The van der Waals surface area contributed by atoms with Crippen molar-refractivity contribution >= 4 is 16.9 Å². The molecule has 28 heavy (non-hydrogen) atoms. The molecule has 4 rings (SSSR count). The van der Waals surface area contributed by atoms with Gasteiger partial charge in [0.1, 0.15) is 11.9 Å². The smallest absolute Gasteiger partial charge is 0.238 e. The van der Waals surface area contributed by atoms with Crippen LogP contribution in [0.1, 0.15) is 43.7 Å². The number of nitrogens with one attached hydrogen (secondary N) is 3. The number of para-hydroxylation sites is 2. The van der Waals surface area contributed by atoms with Crippen molar-refractivity contribution in [3.8, 4) is 0 Å². The summed E-state index contributed by atoms with van der Waals surface area (Å²) in [6.45, 7) is 4.87. The van der Waals surface area contributed by atoms with Gasteiger partial charge in [-0.1, -0.05) is 18.2 Å². The molecule has 2 aromatic heterocycles. The van der Waals surface area contributed by atoms with E-state index in [0.717, 1.165) is 22.4 Å². The topological polar surface area (TPSA) is 83.9 Å². The van der Waals surface area contributed by atoms with Gasteiger partial charge < -0.3 is 9.88 Å². The lowest BCUT2D eigenvalue weighted by atomic mass is 10.0. The van der Waals surface area contributed by atoms with Gasteiger partial charge in [0.25, 0.3) is 0 Å². The number of hydrogen-bond acceptors (Lipinski definition) is 5. The molecule has 1 aliphatic rings. The van der Waals surface area contributed by atoms with Crippen molar-refractivity contribution in [3.63, 3.8) is 0 Å². The maximum absolute atomic E-state index is 12.5. The van der Waals surface area contributed by atoms with Crippen LogP contribution < -0.4 is 16.2 Å². The summed E-state index contributed by atoms with van der Waals surface area (Å²) in [5, 5.41) is 3.05. The van der Waals surface area contributed by atoms with E-state index in [2.05, 4.69) is 45.6 Å². The molecule has 7 heteroatoms. The van der Waals surface area contributed by atoms with E-state index in [4.69, 9.17) is 4.98 Å². The number of fused-ring (bicyclic) bond motifs is 1. The molecule has 2 atom stereocenters. The highest BCUT2D eigenvalue weighted by Gasteiger charge is 2.30. The molecule has 1 saturated heterocycles. The van der Waals surface area contributed by atoms with E-state index >= 15 is 0 Å². The Kier molecular flexibility index (Phi) is 5.36. The molecule has 3 heterocycles. The van der Waals surface area contributed by atoms with Gasteiger partial charge in [-0.15, -0.1) is 0 Å². The number of pyridine rings is 1. The SMILES string of the molecule is CC(C)n1c(CCNC(=O)C2CC(c3cccnc3)NN2)nc2ccccc21. The molecule has 0 bridgehead atoms. The zero-order chi connectivity index (χ0) is 19.5. The van der Waals surface area contributed by atoms with E-state index in [1.165, 1.54) is 0 Å². The number of hydrazine groups is 1. The van der Waals surface area contributed by atoms with E-state index in [9.17, 15) is 4.79 Å². The van der Waals surface area contributed by atoms with Crippen molar-refractivity contribution in [2.24, 2.45) is 0 Å². The number of nitrogens with zero attached hydrogens (tertiary/aromatic N) is 3. The summed E-state index contributed by atoms with van der Waals surface area (Å²) >= 11 is 0. The number of aromatic nitrogens is 3. The monoisotopic (exact) mass is 378 g/mol. The van der Waals surface area contributed by atoms with Gasteiger partial charge in [-0.05, 0) is 44.0 Å². The highest BCUT2D eigenvalue weighted by molar-refractivity contribution is 5.82. The van der Waals surface area contributed by atoms with Crippen LogP contribution in [-0.2, 0) is 11.2 Å². The Morgan fingerprint density at radius 2 is 2.11 bits per heavy atom. The molecule has 1 aromatic carbocycles. The van der Waals surface area contributed by atoms with E-state index in [1.54, 1.807) is 6.20 Å². The minimum Gasteiger partial charge on any atom is -0.354 e. The molecular weight excluding hydrogens is 352 g/mol. The minimum absolute atomic E-state index is 0.00565. The van der Waals surface area contributed by atoms with Crippen molar-refractivity contribution in [3.05, 3.63) is 60.2 Å². The number of benzene rings is 1. The predicted octanol–water partition coefficient (Wildman–Crippen LogP) is 2.28. The Hall–Kier alpha value is -2.77. The molecule has 3 N–H and O–H groups in total. The molecule has 7 nitrogen and oxygen atoms in total. The molecule has 0 spiro atoms. The molecule has 0 aliphatic carbocycles. The van der Waals surface area contributed by atoms with Crippen LogP contribution in [0.15, 0.2) is 48.8 Å². The number of carbonyl (C=O) groups excluding carboxylic acids is 1. The van der Waals surface area contributed by atoms with Gasteiger partial charge in [0.2, 0.25) is 5.91 Å². The summed E-state index contributed by atoms with van der Waals surface area (Å²) in [5.74, 6) is 1.01. The first-order chi connectivity index (χ1) is 13.6. The van der Waals surface area contributed by atoms with Gasteiger partial charge in [0.05, 0.1) is 11.0 Å². The second kappa shape index (κ2) is 8.08. The second-order valence-corrected chi connectivity index (χ2v) is 7.44. The van der Waals surface area contributed by atoms with Gasteiger partial charge in [0, 0.05) is 37.4 Å². The first-order valence-corrected chi connectivity index (χ1v) is 9.78. The Morgan fingerprint density at radius 3 is 2.89 bits per heavy atom. The van der Waals surface area contributed by atoms with E-state index in [1.807, 2.05) is 36.5 Å². The zero-order valence-corrected chi connectivity index (χ0v) is 16.2. The summed E-state index contributed by atoms with van der Waals surface area (Å²) in [7, 11) is 0. The van der Waals surface area contributed by atoms with Gasteiger partial charge >= 0.3 is 0 Å². The first kappa shape index (κ1) is 18.6. The lowest BCUT2D eigenvalue weighted by molar-refractivity contribution is -0.122. The Balaban J connectivity index is 1.35. The standard InChI is InChI=1S/C21H26N6O/c1-14(2)27-19-8-4-3-7-16(19)24-20(27)9-11-23-21(28)18-12-17(25-26-18)15-6-5-10-22-13-15/h3-8,10,13-14,17-18,25-26H,9,11-12H2,1-2H3,(H,23,28). The molecule has 2 unspecified atom stereocenters.